The Kier molecular flexibility index (Phi) is 14.6. The summed E-state index contributed by atoms with van der Waals surface area (Å²) in [5, 5.41) is 34.7. The van der Waals surface area contributed by atoms with E-state index in [0.29, 0.717) is 18.3 Å². The number of fused-ring (bicyclic) bond motifs is 2. The Hall–Kier alpha value is -1.71. The van der Waals surface area contributed by atoms with Crippen LogP contribution in [0.25, 0.3) is 0 Å². The van der Waals surface area contributed by atoms with Crippen LogP contribution in [0.4, 0.5) is 0 Å². The molecule has 3 aliphatic carbocycles. The van der Waals surface area contributed by atoms with Gasteiger partial charge in [-0.3, -0.25) is 14.9 Å². The van der Waals surface area contributed by atoms with Crippen LogP contribution in [0.1, 0.15) is 150 Å². The lowest BCUT2D eigenvalue weighted by atomic mass is 9.66. The van der Waals surface area contributed by atoms with Crippen molar-refractivity contribution in [3.8, 4) is 0 Å². The molecule has 1 unspecified atom stereocenters. The van der Waals surface area contributed by atoms with Crippen LogP contribution in [-0.4, -0.2) is 71.4 Å². The van der Waals surface area contributed by atoms with E-state index >= 15 is 0 Å². The summed E-state index contributed by atoms with van der Waals surface area (Å²) in [6.07, 6.45) is 19.0. The van der Waals surface area contributed by atoms with Gasteiger partial charge in [0.25, 0.3) is 0 Å². The van der Waals surface area contributed by atoms with Crippen molar-refractivity contribution >= 4 is 17.8 Å². The number of aliphatic hydroxyl groups is 1. The van der Waals surface area contributed by atoms with Gasteiger partial charge in [0.05, 0.1) is 12.1 Å². The first-order chi connectivity index (χ1) is 21.4. The number of carboxylic acids is 1. The highest BCUT2D eigenvalue weighted by atomic mass is 16.4. The van der Waals surface area contributed by atoms with Crippen molar-refractivity contribution < 1.29 is 24.6 Å². The van der Waals surface area contributed by atoms with E-state index in [4.69, 9.17) is 0 Å². The number of hydrogen-bond donors (Lipinski definition) is 6. The van der Waals surface area contributed by atoms with E-state index < -0.39 is 41.6 Å². The van der Waals surface area contributed by atoms with Gasteiger partial charge in [0.2, 0.25) is 11.8 Å². The number of carboxylic acid groups (broad SMARTS) is 1. The maximum Gasteiger partial charge on any atom is 0.326 e. The molecule has 0 spiro atoms. The van der Waals surface area contributed by atoms with E-state index in [-0.39, 0.29) is 17.2 Å². The van der Waals surface area contributed by atoms with Gasteiger partial charge >= 0.3 is 5.97 Å². The highest BCUT2D eigenvalue weighted by molar-refractivity contribution is 5.91. The van der Waals surface area contributed by atoms with Crippen LogP contribution >= 0.6 is 0 Å². The van der Waals surface area contributed by atoms with Crippen LogP contribution in [0.15, 0.2) is 0 Å². The van der Waals surface area contributed by atoms with Crippen LogP contribution in [0.2, 0.25) is 0 Å². The molecular weight excluding hydrogens is 568 g/mol. The van der Waals surface area contributed by atoms with Crippen molar-refractivity contribution in [3.63, 3.8) is 0 Å². The molecule has 4 atom stereocenters. The van der Waals surface area contributed by atoms with E-state index in [1.807, 2.05) is 20.9 Å². The average Bonchev–Trinajstić information content (AvgIpc) is 3.57. The zero-order valence-corrected chi connectivity index (χ0v) is 29.1. The third-order valence-corrected chi connectivity index (χ3v) is 11.8. The van der Waals surface area contributed by atoms with Gasteiger partial charge in [-0.15, -0.1) is 0 Å². The Balaban J connectivity index is 1.79. The lowest BCUT2D eigenvalue weighted by Gasteiger charge is -2.49. The molecule has 0 saturated heterocycles. The van der Waals surface area contributed by atoms with E-state index in [1.165, 1.54) is 38.5 Å². The molecule has 0 aromatic heterocycles. The summed E-state index contributed by atoms with van der Waals surface area (Å²) in [7, 11) is 1.85. The highest BCUT2D eigenvalue weighted by Crippen LogP contribution is 2.65. The molecule has 0 radical (unpaired) electrons. The Morgan fingerprint density at radius 3 is 1.84 bits per heavy atom. The minimum Gasteiger partial charge on any atom is -0.480 e. The fourth-order valence-corrected chi connectivity index (χ4v) is 8.79. The quantitative estimate of drug-likeness (QED) is 0.124. The van der Waals surface area contributed by atoms with Gasteiger partial charge in [-0.05, 0) is 101 Å². The number of carbonyl (C=O) groups is 3. The van der Waals surface area contributed by atoms with Crippen molar-refractivity contribution in [3.05, 3.63) is 0 Å². The number of aliphatic hydroxyl groups excluding tert-OH is 1. The first kappa shape index (κ1) is 37.7. The van der Waals surface area contributed by atoms with E-state index in [1.54, 1.807) is 6.92 Å². The summed E-state index contributed by atoms with van der Waals surface area (Å²) in [5.74, 6) is -1.90. The molecule has 3 saturated carbocycles. The summed E-state index contributed by atoms with van der Waals surface area (Å²) in [4.78, 5) is 38.9. The third-order valence-electron chi connectivity index (χ3n) is 11.8. The number of aliphatic carboxylic acids is 1. The predicted molar refractivity (Wildman–Crippen MR) is 180 cm³/mol. The maximum absolute atomic E-state index is 14.0. The summed E-state index contributed by atoms with van der Waals surface area (Å²) < 4.78 is 0. The van der Waals surface area contributed by atoms with Crippen molar-refractivity contribution in [2.45, 2.75) is 179 Å². The number of nitrogens with one attached hydrogen (secondary N) is 4. The second-order valence-electron chi connectivity index (χ2n) is 15.4. The SMILES string of the molecule is CCC12CCC(C(O)C3(N[C@H](C(=O)N[C@@H](C)C(=O)N[C@@H](CCCCNC)C(=O)O)C(C)C)CCCCCCCCCC3)(CC1)C2. The Labute approximate surface area is 273 Å². The number of amides is 2. The molecule has 45 heavy (non-hydrogen) atoms. The minimum absolute atomic E-state index is 0.0687. The molecule has 3 aliphatic rings. The number of carbonyl (C=O) groups excluding carboxylic acids is 2. The monoisotopic (exact) mass is 635 g/mol. The second kappa shape index (κ2) is 17.4. The molecule has 0 heterocycles. The normalized spacial score (nSPS) is 28.1. The summed E-state index contributed by atoms with van der Waals surface area (Å²) in [6.45, 7) is 8.73. The highest BCUT2D eigenvalue weighted by Gasteiger charge is 2.60. The van der Waals surface area contributed by atoms with Crippen LogP contribution in [-0.2, 0) is 14.4 Å². The molecule has 2 bridgehead atoms. The predicted octanol–water partition coefficient (Wildman–Crippen LogP) is 5.44. The molecule has 6 N–H and O–H groups in total. The lowest BCUT2D eigenvalue weighted by Crippen LogP contribution is -2.66. The van der Waals surface area contributed by atoms with Gasteiger partial charge in [0, 0.05) is 5.54 Å². The smallest absolute Gasteiger partial charge is 0.326 e. The van der Waals surface area contributed by atoms with Crippen LogP contribution in [0.3, 0.4) is 0 Å². The topological polar surface area (TPSA) is 140 Å². The second-order valence-corrected chi connectivity index (χ2v) is 15.4. The third kappa shape index (κ3) is 9.90. The molecule has 0 aromatic rings. The molecular formula is C36H66N4O5. The van der Waals surface area contributed by atoms with Crippen LogP contribution in [0, 0.1) is 16.7 Å². The standard InChI is InChI=1S/C36H66N4O5/c1-6-34-20-22-35(25-34,23-21-34)33(45)36(18-14-11-9-7-8-10-12-15-19-36)40-29(26(2)3)31(42)38-27(4)30(41)39-28(32(43)44)17-13-16-24-37-5/h26-29,33,37,40,45H,6-25H2,1-5H3,(H,38,42)(H,39,41)(H,43,44)/t27-,28-,29-,33?,34?,35?/m0/s1. The van der Waals surface area contributed by atoms with Gasteiger partial charge in [-0.2, -0.15) is 0 Å². The maximum atomic E-state index is 14.0. The summed E-state index contributed by atoms with van der Waals surface area (Å²) >= 11 is 0. The van der Waals surface area contributed by atoms with Crippen molar-refractivity contribution in [2.24, 2.45) is 16.7 Å². The Morgan fingerprint density at radius 1 is 0.778 bits per heavy atom. The minimum atomic E-state index is -1.07. The van der Waals surface area contributed by atoms with Gasteiger partial charge in [-0.1, -0.05) is 78.6 Å². The molecule has 2 amide bonds. The van der Waals surface area contributed by atoms with Gasteiger partial charge in [0.1, 0.15) is 12.1 Å². The molecule has 0 aromatic carbocycles. The summed E-state index contributed by atoms with van der Waals surface area (Å²) in [6, 6.07) is -2.47. The zero-order valence-electron chi connectivity index (χ0n) is 29.1. The Bertz CT molecular complexity index is 936. The molecule has 9 heteroatoms. The van der Waals surface area contributed by atoms with E-state index in [2.05, 4.69) is 28.2 Å². The molecule has 260 valence electrons. The van der Waals surface area contributed by atoms with Gasteiger partial charge < -0.3 is 26.2 Å². The largest absolute Gasteiger partial charge is 0.480 e. The van der Waals surface area contributed by atoms with Crippen molar-refractivity contribution in [1.82, 2.24) is 21.3 Å². The molecule has 3 rings (SSSR count). The van der Waals surface area contributed by atoms with E-state index in [9.17, 15) is 24.6 Å². The zero-order chi connectivity index (χ0) is 33.1. The molecule has 0 aliphatic heterocycles. The fourth-order valence-electron chi connectivity index (χ4n) is 8.79. The number of hydrogen-bond acceptors (Lipinski definition) is 6. The average molecular weight is 635 g/mol. The number of rotatable bonds is 16. The first-order valence-corrected chi connectivity index (χ1v) is 18.4. The van der Waals surface area contributed by atoms with Crippen molar-refractivity contribution in [2.75, 3.05) is 13.6 Å². The van der Waals surface area contributed by atoms with Crippen LogP contribution in [0.5, 0.6) is 0 Å². The van der Waals surface area contributed by atoms with Gasteiger partial charge in [-0.25, -0.2) is 4.79 Å². The molecule has 3 fully saturated rings. The van der Waals surface area contributed by atoms with E-state index in [0.717, 1.165) is 77.2 Å². The lowest BCUT2D eigenvalue weighted by molar-refractivity contribution is -0.142. The Morgan fingerprint density at radius 2 is 1.36 bits per heavy atom. The van der Waals surface area contributed by atoms with Crippen molar-refractivity contribution in [1.29, 1.82) is 0 Å². The van der Waals surface area contributed by atoms with Gasteiger partial charge in [0.15, 0.2) is 0 Å². The summed E-state index contributed by atoms with van der Waals surface area (Å²) in [5.41, 5.74) is -0.320. The number of unbranched alkanes of at least 4 members (excludes halogenated alkanes) is 1. The van der Waals surface area contributed by atoms with Crippen LogP contribution < -0.4 is 21.3 Å². The molecule has 9 nitrogen and oxygen atoms in total. The fraction of sp³-hybridized carbons (Fsp3) is 0.917. The first-order valence-electron chi connectivity index (χ1n) is 18.4.